The van der Waals surface area contributed by atoms with E-state index in [1.54, 1.807) is 12.1 Å². The summed E-state index contributed by atoms with van der Waals surface area (Å²) >= 11 is 5.89. The first-order chi connectivity index (χ1) is 9.52. The first kappa shape index (κ1) is 14.4. The summed E-state index contributed by atoms with van der Waals surface area (Å²) in [6.07, 6.45) is 3.24. The fourth-order valence-corrected chi connectivity index (χ4v) is 2.21. The van der Waals surface area contributed by atoms with E-state index < -0.39 is 0 Å². The van der Waals surface area contributed by atoms with Crippen LogP contribution in [0.3, 0.4) is 0 Å². The van der Waals surface area contributed by atoms with Crippen LogP contribution in [0.15, 0.2) is 48.5 Å². The Balaban J connectivity index is 2.05. The zero-order valence-electron chi connectivity index (χ0n) is 11.5. The normalized spacial score (nSPS) is 10.8. The van der Waals surface area contributed by atoms with Crippen molar-refractivity contribution in [3.8, 4) is 0 Å². The zero-order chi connectivity index (χ0) is 14.5. The fraction of sp³-hybridized carbons (Fsp3) is 0.118. The number of nitrogens with one attached hydrogen (secondary N) is 1. The number of halogens is 1. The third kappa shape index (κ3) is 4.25. The summed E-state index contributed by atoms with van der Waals surface area (Å²) in [7, 11) is 0. The highest BCUT2D eigenvalue weighted by Gasteiger charge is 1.99. The third-order valence-electron chi connectivity index (χ3n) is 2.77. The number of anilines is 1. The predicted molar refractivity (Wildman–Crippen MR) is 85.0 cm³/mol. The van der Waals surface area contributed by atoms with E-state index in [-0.39, 0.29) is 5.91 Å². The van der Waals surface area contributed by atoms with Gasteiger partial charge >= 0.3 is 0 Å². The monoisotopic (exact) mass is 285 g/mol. The minimum absolute atomic E-state index is 0.157. The maximum absolute atomic E-state index is 11.9. The largest absolute Gasteiger partial charge is 0.322 e. The third-order valence-corrected chi connectivity index (χ3v) is 3.00. The molecule has 0 aliphatic heterocycles. The Bertz CT molecular complexity index is 642. The first-order valence-electron chi connectivity index (χ1n) is 6.36. The lowest BCUT2D eigenvalue weighted by molar-refractivity contribution is -0.111. The highest BCUT2D eigenvalue weighted by atomic mass is 35.5. The van der Waals surface area contributed by atoms with Gasteiger partial charge in [-0.3, -0.25) is 4.79 Å². The number of hydrogen-bond donors (Lipinski definition) is 1. The van der Waals surface area contributed by atoms with Crippen molar-refractivity contribution in [2.75, 3.05) is 5.32 Å². The molecule has 2 nitrogen and oxygen atoms in total. The highest BCUT2D eigenvalue weighted by molar-refractivity contribution is 6.30. The number of hydrogen-bond acceptors (Lipinski definition) is 1. The van der Waals surface area contributed by atoms with Crippen LogP contribution in [-0.2, 0) is 4.79 Å². The molecule has 0 saturated carbocycles. The Kier molecular flexibility index (Phi) is 4.59. The summed E-state index contributed by atoms with van der Waals surface area (Å²) in [6, 6.07) is 13.3. The van der Waals surface area contributed by atoms with Crippen LogP contribution in [0.2, 0.25) is 5.02 Å². The van der Waals surface area contributed by atoms with Crippen molar-refractivity contribution in [1.29, 1.82) is 0 Å². The Hall–Kier alpha value is -2.06. The van der Waals surface area contributed by atoms with Crippen LogP contribution < -0.4 is 5.32 Å². The molecule has 0 saturated heterocycles. The molecule has 0 aliphatic carbocycles. The summed E-state index contributed by atoms with van der Waals surface area (Å²) in [5, 5.41) is 3.50. The number of carbonyl (C=O) groups excluding carboxylic acids is 1. The van der Waals surface area contributed by atoms with Gasteiger partial charge in [-0.25, -0.2) is 0 Å². The smallest absolute Gasteiger partial charge is 0.248 e. The number of aryl methyl sites for hydroxylation is 2. The van der Waals surface area contributed by atoms with Crippen molar-refractivity contribution >= 4 is 29.3 Å². The molecule has 20 heavy (non-hydrogen) atoms. The topological polar surface area (TPSA) is 29.1 Å². The van der Waals surface area contributed by atoms with E-state index in [2.05, 4.69) is 11.4 Å². The van der Waals surface area contributed by atoms with Gasteiger partial charge in [-0.1, -0.05) is 29.8 Å². The summed E-state index contributed by atoms with van der Waals surface area (Å²) < 4.78 is 0. The SMILES string of the molecule is Cc1cc(C)cc(NC(=O)/C=C\c2cccc(Cl)c2)c1. The van der Waals surface area contributed by atoms with Gasteiger partial charge in [0.05, 0.1) is 0 Å². The van der Waals surface area contributed by atoms with Crippen LogP contribution in [0.5, 0.6) is 0 Å². The van der Waals surface area contributed by atoms with Gasteiger partial charge in [-0.05, 0) is 60.9 Å². The van der Waals surface area contributed by atoms with Gasteiger partial charge in [0.15, 0.2) is 0 Å². The average Bonchev–Trinajstić information content (AvgIpc) is 2.35. The van der Waals surface area contributed by atoms with E-state index in [4.69, 9.17) is 11.6 Å². The molecule has 0 unspecified atom stereocenters. The molecule has 0 atom stereocenters. The Labute approximate surface area is 124 Å². The molecule has 2 aromatic rings. The predicted octanol–water partition coefficient (Wildman–Crippen LogP) is 4.61. The second kappa shape index (κ2) is 6.40. The molecule has 0 aliphatic rings. The molecule has 0 spiro atoms. The summed E-state index contributed by atoms with van der Waals surface area (Å²) in [6.45, 7) is 4.01. The molecule has 0 heterocycles. The van der Waals surface area contributed by atoms with Crippen molar-refractivity contribution in [2.24, 2.45) is 0 Å². The van der Waals surface area contributed by atoms with E-state index in [1.165, 1.54) is 6.08 Å². The lowest BCUT2D eigenvalue weighted by Gasteiger charge is -2.05. The van der Waals surface area contributed by atoms with E-state index in [9.17, 15) is 4.79 Å². The Morgan fingerprint density at radius 2 is 1.80 bits per heavy atom. The van der Waals surface area contributed by atoms with Crippen molar-refractivity contribution in [3.05, 3.63) is 70.3 Å². The van der Waals surface area contributed by atoms with Gasteiger partial charge in [-0.15, -0.1) is 0 Å². The molecule has 102 valence electrons. The maximum atomic E-state index is 11.9. The van der Waals surface area contributed by atoms with Crippen LogP contribution in [-0.4, -0.2) is 5.91 Å². The molecule has 0 fully saturated rings. The lowest BCUT2D eigenvalue weighted by atomic mass is 10.1. The molecule has 0 bridgehead atoms. The van der Waals surface area contributed by atoms with Crippen molar-refractivity contribution in [2.45, 2.75) is 13.8 Å². The molecule has 0 radical (unpaired) electrons. The van der Waals surface area contributed by atoms with Crippen molar-refractivity contribution in [1.82, 2.24) is 0 Å². The molecule has 1 amide bonds. The van der Waals surface area contributed by atoms with E-state index in [0.717, 1.165) is 22.4 Å². The molecular formula is C17H16ClNO. The second-order valence-corrected chi connectivity index (χ2v) is 5.19. The van der Waals surface area contributed by atoms with Gasteiger partial charge in [-0.2, -0.15) is 0 Å². The van der Waals surface area contributed by atoms with Gasteiger partial charge < -0.3 is 5.32 Å². The molecule has 0 aromatic heterocycles. The fourth-order valence-electron chi connectivity index (χ4n) is 2.01. The van der Waals surface area contributed by atoms with Crippen molar-refractivity contribution in [3.63, 3.8) is 0 Å². The summed E-state index contributed by atoms with van der Waals surface area (Å²) in [5.74, 6) is -0.157. The standard InChI is InChI=1S/C17H16ClNO/c1-12-8-13(2)10-16(9-12)19-17(20)7-6-14-4-3-5-15(18)11-14/h3-11H,1-2H3,(H,19,20)/b7-6-. The Morgan fingerprint density at radius 1 is 1.10 bits per heavy atom. The number of amides is 1. The van der Waals surface area contributed by atoms with E-state index in [0.29, 0.717) is 5.02 Å². The second-order valence-electron chi connectivity index (χ2n) is 4.75. The molecule has 2 rings (SSSR count). The van der Waals surface area contributed by atoms with Gasteiger partial charge in [0.25, 0.3) is 0 Å². The lowest BCUT2D eigenvalue weighted by Crippen LogP contribution is -2.08. The zero-order valence-corrected chi connectivity index (χ0v) is 12.2. The molecule has 3 heteroatoms. The van der Waals surface area contributed by atoms with Crippen LogP contribution in [0, 0.1) is 13.8 Å². The minimum atomic E-state index is -0.157. The maximum Gasteiger partial charge on any atom is 0.248 e. The van der Waals surface area contributed by atoms with Gasteiger partial charge in [0, 0.05) is 16.8 Å². The highest BCUT2D eigenvalue weighted by Crippen LogP contribution is 2.14. The van der Waals surface area contributed by atoms with Crippen LogP contribution in [0.1, 0.15) is 16.7 Å². The Morgan fingerprint density at radius 3 is 2.45 bits per heavy atom. The number of rotatable bonds is 3. The number of carbonyl (C=O) groups is 1. The molecule has 2 aromatic carbocycles. The van der Waals surface area contributed by atoms with Crippen molar-refractivity contribution < 1.29 is 4.79 Å². The summed E-state index contributed by atoms with van der Waals surface area (Å²) in [4.78, 5) is 11.9. The minimum Gasteiger partial charge on any atom is -0.322 e. The number of benzene rings is 2. The van der Waals surface area contributed by atoms with E-state index in [1.807, 2.05) is 44.2 Å². The van der Waals surface area contributed by atoms with Crippen LogP contribution in [0.25, 0.3) is 6.08 Å². The van der Waals surface area contributed by atoms with Gasteiger partial charge in [0.2, 0.25) is 5.91 Å². The summed E-state index contributed by atoms with van der Waals surface area (Å²) in [5.41, 5.74) is 3.95. The quantitative estimate of drug-likeness (QED) is 0.820. The molecule has 1 N–H and O–H groups in total. The van der Waals surface area contributed by atoms with Crippen LogP contribution in [0.4, 0.5) is 5.69 Å². The first-order valence-corrected chi connectivity index (χ1v) is 6.74. The average molecular weight is 286 g/mol. The van der Waals surface area contributed by atoms with Gasteiger partial charge in [0.1, 0.15) is 0 Å². The van der Waals surface area contributed by atoms with Crippen LogP contribution >= 0.6 is 11.6 Å². The molecular weight excluding hydrogens is 270 g/mol. The van der Waals surface area contributed by atoms with E-state index >= 15 is 0 Å².